The number of hydrogen-bond acceptors (Lipinski definition) is 3. The Morgan fingerprint density at radius 1 is 1.33 bits per heavy atom. The normalized spacial score (nSPS) is 23.8. The molecule has 0 aliphatic carbocycles. The number of aliphatic carboxylic acids is 1. The largest absolute Gasteiger partial charge is 0.481 e. The minimum Gasteiger partial charge on any atom is -0.481 e. The lowest BCUT2D eigenvalue weighted by Gasteiger charge is -2.26. The third-order valence-electron chi connectivity index (χ3n) is 4.66. The zero-order chi connectivity index (χ0) is 17.3. The van der Waals surface area contributed by atoms with Gasteiger partial charge in [0, 0.05) is 35.7 Å². The maximum Gasteiger partial charge on any atom is 0.305 e. The van der Waals surface area contributed by atoms with Crippen molar-refractivity contribution in [2.75, 3.05) is 18.0 Å². The van der Waals surface area contributed by atoms with Crippen LogP contribution in [0.5, 0.6) is 0 Å². The van der Waals surface area contributed by atoms with Gasteiger partial charge in [0.15, 0.2) is 0 Å². The van der Waals surface area contributed by atoms with E-state index in [0.717, 1.165) is 16.6 Å². The number of carboxylic acids is 1. The van der Waals surface area contributed by atoms with Crippen LogP contribution >= 0.6 is 15.9 Å². The van der Waals surface area contributed by atoms with Crippen LogP contribution in [0, 0.1) is 5.92 Å². The van der Waals surface area contributed by atoms with Gasteiger partial charge in [-0.25, -0.2) is 0 Å². The molecule has 0 spiro atoms. The molecule has 3 rings (SSSR count). The van der Waals surface area contributed by atoms with Gasteiger partial charge in [-0.05, 0) is 31.0 Å². The van der Waals surface area contributed by atoms with Gasteiger partial charge in [0.1, 0.15) is 0 Å². The van der Waals surface area contributed by atoms with Crippen LogP contribution < -0.4 is 4.90 Å². The molecule has 2 amide bonds. The van der Waals surface area contributed by atoms with Gasteiger partial charge < -0.3 is 14.9 Å². The first-order valence-corrected chi connectivity index (χ1v) is 8.83. The van der Waals surface area contributed by atoms with Gasteiger partial charge in [0.05, 0.1) is 12.3 Å². The fourth-order valence-electron chi connectivity index (χ4n) is 3.54. The van der Waals surface area contributed by atoms with Gasteiger partial charge in [-0.15, -0.1) is 0 Å². The van der Waals surface area contributed by atoms with E-state index in [1.165, 1.54) is 0 Å². The second-order valence-electron chi connectivity index (χ2n) is 6.31. The van der Waals surface area contributed by atoms with Gasteiger partial charge in [-0.2, -0.15) is 0 Å². The molecular formula is C17H19BrN2O4. The summed E-state index contributed by atoms with van der Waals surface area (Å²) in [5.41, 5.74) is 0.771. The summed E-state index contributed by atoms with van der Waals surface area (Å²) in [6.07, 6.45) is 1.69. The number of carboxylic acid groups (broad SMARTS) is 1. The number of benzene rings is 1. The number of anilines is 1. The molecule has 2 atom stereocenters. The molecule has 2 aliphatic rings. The first kappa shape index (κ1) is 17.0. The summed E-state index contributed by atoms with van der Waals surface area (Å²) < 4.78 is 0.878. The number of nitrogens with zero attached hydrogens (tertiary/aromatic N) is 2. The number of amides is 2. The molecule has 1 aromatic carbocycles. The van der Waals surface area contributed by atoms with E-state index in [0.29, 0.717) is 19.5 Å². The Bertz CT molecular complexity index is 678. The number of likely N-dealkylation sites (tertiary alicyclic amines) is 1. The van der Waals surface area contributed by atoms with Crippen molar-refractivity contribution in [2.45, 2.75) is 31.7 Å². The Balaban J connectivity index is 1.71. The smallest absolute Gasteiger partial charge is 0.305 e. The fourth-order valence-corrected chi connectivity index (χ4v) is 3.93. The number of rotatable bonds is 4. The quantitative estimate of drug-likeness (QED) is 0.849. The maximum atomic E-state index is 12.8. The van der Waals surface area contributed by atoms with E-state index in [1.54, 1.807) is 9.80 Å². The summed E-state index contributed by atoms with van der Waals surface area (Å²) in [6, 6.07) is 7.19. The fraction of sp³-hybridized carbons (Fsp3) is 0.471. The summed E-state index contributed by atoms with van der Waals surface area (Å²) in [5, 5.41) is 8.99. The van der Waals surface area contributed by atoms with Crippen LogP contribution in [-0.4, -0.2) is 46.9 Å². The van der Waals surface area contributed by atoms with E-state index in [9.17, 15) is 14.4 Å². The van der Waals surface area contributed by atoms with Crippen molar-refractivity contribution in [2.24, 2.45) is 5.92 Å². The van der Waals surface area contributed by atoms with Crippen LogP contribution in [0.2, 0.25) is 0 Å². The van der Waals surface area contributed by atoms with Gasteiger partial charge in [0.25, 0.3) is 0 Å². The van der Waals surface area contributed by atoms with Crippen LogP contribution in [0.4, 0.5) is 5.69 Å². The molecule has 2 heterocycles. The molecule has 128 valence electrons. The van der Waals surface area contributed by atoms with Gasteiger partial charge in [-0.1, -0.05) is 22.0 Å². The van der Waals surface area contributed by atoms with E-state index < -0.39 is 11.9 Å². The van der Waals surface area contributed by atoms with Crippen LogP contribution in [-0.2, 0) is 14.4 Å². The molecule has 7 heteroatoms. The molecule has 1 aromatic rings. The topological polar surface area (TPSA) is 77.9 Å². The summed E-state index contributed by atoms with van der Waals surface area (Å²) in [5.74, 6) is -1.45. The molecule has 24 heavy (non-hydrogen) atoms. The van der Waals surface area contributed by atoms with E-state index in [-0.39, 0.29) is 30.7 Å². The zero-order valence-electron chi connectivity index (χ0n) is 13.2. The van der Waals surface area contributed by atoms with Crippen molar-refractivity contribution in [3.63, 3.8) is 0 Å². The van der Waals surface area contributed by atoms with Crippen molar-refractivity contribution in [3.05, 3.63) is 28.7 Å². The SMILES string of the molecule is O=C(O)CC1CCCN1C(=O)C1CC(=O)N(c2cccc(Br)c2)C1. The predicted octanol–water partition coefficient (Wildman–Crippen LogP) is 2.27. The highest BCUT2D eigenvalue weighted by Gasteiger charge is 2.40. The lowest BCUT2D eigenvalue weighted by atomic mass is 10.1. The summed E-state index contributed by atoms with van der Waals surface area (Å²) in [7, 11) is 0. The van der Waals surface area contributed by atoms with Gasteiger partial charge in [0.2, 0.25) is 11.8 Å². The van der Waals surface area contributed by atoms with Crippen LogP contribution in [0.25, 0.3) is 0 Å². The van der Waals surface area contributed by atoms with Crippen molar-refractivity contribution in [1.29, 1.82) is 0 Å². The van der Waals surface area contributed by atoms with E-state index >= 15 is 0 Å². The minimum absolute atomic E-state index is 0.0260. The summed E-state index contributed by atoms with van der Waals surface area (Å²) in [4.78, 5) is 39.4. The average Bonchev–Trinajstić information content (AvgIpc) is 3.12. The average molecular weight is 395 g/mol. The molecule has 0 saturated carbocycles. The Kier molecular flexibility index (Phi) is 4.89. The Morgan fingerprint density at radius 3 is 2.83 bits per heavy atom. The number of halogens is 1. The lowest BCUT2D eigenvalue weighted by molar-refractivity contribution is -0.141. The molecule has 0 bridgehead atoms. The first-order valence-electron chi connectivity index (χ1n) is 8.04. The molecule has 2 fully saturated rings. The number of carbonyl (C=O) groups is 3. The van der Waals surface area contributed by atoms with Crippen molar-refractivity contribution >= 4 is 39.4 Å². The highest BCUT2D eigenvalue weighted by Crippen LogP contribution is 2.30. The second kappa shape index (κ2) is 6.93. The van der Waals surface area contributed by atoms with Gasteiger partial charge in [-0.3, -0.25) is 14.4 Å². The molecule has 0 radical (unpaired) electrons. The summed E-state index contributed by atoms with van der Waals surface area (Å²) >= 11 is 3.39. The Hall–Kier alpha value is -1.89. The molecule has 2 saturated heterocycles. The van der Waals surface area contributed by atoms with Crippen LogP contribution in [0.15, 0.2) is 28.7 Å². The van der Waals surface area contributed by atoms with Crippen molar-refractivity contribution < 1.29 is 19.5 Å². The molecule has 6 nitrogen and oxygen atoms in total. The monoisotopic (exact) mass is 394 g/mol. The molecular weight excluding hydrogens is 376 g/mol. The van der Waals surface area contributed by atoms with Crippen molar-refractivity contribution in [3.8, 4) is 0 Å². The van der Waals surface area contributed by atoms with Gasteiger partial charge >= 0.3 is 5.97 Å². The van der Waals surface area contributed by atoms with E-state index in [1.807, 2.05) is 24.3 Å². The number of hydrogen-bond donors (Lipinski definition) is 1. The zero-order valence-corrected chi connectivity index (χ0v) is 14.7. The van der Waals surface area contributed by atoms with E-state index in [4.69, 9.17) is 5.11 Å². The molecule has 2 aliphatic heterocycles. The van der Waals surface area contributed by atoms with Crippen LogP contribution in [0.1, 0.15) is 25.7 Å². The summed E-state index contributed by atoms with van der Waals surface area (Å²) in [6.45, 7) is 0.933. The first-order chi connectivity index (χ1) is 11.5. The third-order valence-corrected chi connectivity index (χ3v) is 5.16. The molecule has 1 N–H and O–H groups in total. The Labute approximate surface area is 148 Å². The van der Waals surface area contributed by atoms with E-state index in [2.05, 4.69) is 15.9 Å². The number of carbonyl (C=O) groups excluding carboxylic acids is 2. The highest BCUT2D eigenvalue weighted by molar-refractivity contribution is 9.10. The van der Waals surface area contributed by atoms with Crippen molar-refractivity contribution in [1.82, 2.24) is 4.90 Å². The highest BCUT2D eigenvalue weighted by atomic mass is 79.9. The maximum absolute atomic E-state index is 12.8. The lowest BCUT2D eigenvalue weighted by Crippen LogP contribution is -2.41. The second-order valence-corrected chi connectivity index (χ2v) is 7.23. The Morgan fingerprint density at radius 2 is 2.12 bits per heavy atom. The third kappa shape index (κ3) is 3.45. The predicted molar refractivity (Wildman–Crippen MR) is 91.6 cm³/mol. The van der Waals surface area contributed by atoms with Crippen LogP contribution in [0.3, 0.4) is 0 Å². The minimum atomic E-state index is -0.891. The standard InChI is InChI=1S/C17H19BrN2O4/c18-12-3-1-4-13(8-12)20-10-11(7-15(20)21)17(24)19-6-2-5-14(19)9-16(22)23/h1,3-4,8,11,14H,2,5-7,9-10H2,(H,22,23). The molecule has 0 aromatic heterocycles. The molecule has 2 unspecified atom stereocenters.